The molecule has 0 amide bonds. The summed E-state index contributed by atoms with van der Waals surface area (Å²) >= 11 is 4.55. The van der Waals surface area contributed by atoms with E-state index in [2.05, 4.69) is 58.0 Å². The summed E-state index contributed by atoms with van der Waals surface area (Å²) < 4.78 is 13.6. The van der Waals surface area contributed by atoms with Gasteiger partial charge in [0, 0.05) is 46.6 Å². The number of aromatic nitrogens is 6. The normalized spacial score (nSPS) is 8.71. The third kappa shape index (κ3) is 9.16. The molecule has 0 aliphatic heterocycles. The van der Waals surface area contributed by atoms with Crippen LogP contribution in [-0.2, 0) is 32.7 Å². The average molecular weight is 388 g/mol. The Morgan fingerprint density at radius 2 is 1.67 bits per heavy atom. The second-order valence-electron chi connectivity index (χ2n) is 3.18. The van der Waals surface area contributed by atoms with Crippen LogP contribution in [0.25, 0.3) is 0 Å². The van der Waals surface area contributed by atoms with Gasteiger partial charge in [0.25, 0.3) is 4.84 Å². The average Bonchev–Trinajstić information content (AvgIpc) is 3.07. The van der Waals surface area contributed by atoms with E-state index in [4.69, 9.17) is 4.42 Å². The number of hydrogen-bond acceptors (Lipinski definition) is 9. The molecule has 0 aliphatic rings. The number of nitrogens with zero attached hydrogens (tertiary/aromatic N) is 4. The molecular formula is C9H11N6O4SY-. The van der Waals surface area contributed by atoms with Crippen molar-refractivity contribution in [2.75, 3.05) is 0 Å². The Morgan fingerprint density at radius 3 is 1.81 bits per heavy atom. The van der Waals surface area contributed by atoms with E-state index in [9.17, 15) is 4.79 Å². The zero-order valence-electron chi connectivity index (χ0n) is 11.4. The van der Waals surface area contributed by atoms with Gasteiger partial charge >= 0.3 is 5.76 Å². The minimum atomic E-state index is -0.502. The molecule has 21 heavy (non-hydrogen) atoms. The Morgan fingerprint density at radius 1 is 1.05 bits per heavy atom. The number of rotatable bonds is 0. The maximum atomic E-state index is 10.0. The van der Waals surface area contributed by atoms with E-state index >= 15 is 0 Å². The zero-order valence-corrected chi connectivity index (χ0v) is 15.1. The number of hydrogen-bond donors (Lipinski definition) is 2. The zero-order chi connectivity index (χ0) is 15.0. The van der Waals surface area contributed by atoms with Crippen LogP contribution in [0.4, 0.5) is 0 Å². The third-order valence-electron chi connectivity index (χ3n) is 1.52. The first-order valence-electron chi connectivity index (χ1n) is 5.17. The van der Waals surface area contributed by atoms with Gasteiger partial charge in [-0.25, -0.2) is 25.2 Å². The van der Waals surface area contributed by atoms with Gasteiger partial charge < -0.3 is 13.3 Å². The molecule has 0 unspecified atom stereocenters. The van der Waals surface area contributed by atoms with Crippen LogP contribution < -0.4 is 5.76 Å². The van der Waals surface area contributed by atoms with E-state index in [1.165, 1.54) is 0 Å². The third-order valence-corrected chi connectivity index (χ3v) is 1.69. The van der Waals surface area contributed by atoms with Gasteiger partial charge in [-0.1, -0.05) is 6.92 Å². The molecule has 2 N–H and O–H groups in total. The maximum absolute atomic E-state index is 10.0. The first-order chi connectivity index (χ1) is 9.47. The minimum absolute atomic E-state index is 0. The van der Waals surface area contributed by atoms with Crippen LogP contribution in [0.3, 0.4) is 0 Å². The molecule has 0 atom stereocenters. The van der Waals surface area contributed by atoms with Crippen LogP contribution in [0.15, 0.2) is 18.0 Å². The number of aryl methyl sites for hydroxylation is 3. The predicted octanol–water partition coefficient (Wildman–Crippen LogP) is 0.888. The summed E-state index contributed by atoms with van der Waals surface area (Å²) in [7, 11) is 0. The molecule has 0 saturated carbocycles. The largest absolute Gasteiger partial charge is 0.613 e. The van der Waals surface area contributed by atoms with Gasteiger partial charge in [-0.3, -0.25) is 0 Å². The Balaban J connectivity index is 0.000000280. The van der Waals surface area contributed by atoms with Crippen LogP contribution in [-0.4, -0.2) is 30.6 Å². The molecule has 0 spiro atoms. The van der Waals surface area contributed by atoms with Crippen molar-refractivity contribution in [1.82, 2.24) is 30.6 Å². The van der Waals surface area contributed by atoms with Crippen molar-refractivity contribution in [3.05, 3.63) is 39.5 Å². The molecule has 0 fully saturated rings. The SMILES string of the molecule is Cc1n[nH]c(=O)o1.Cc1n[nH]c(=S)o1.Cc1nn[c-]o1.[Y]. The van der Waals surface area contributed by atoms with Crippen LogP contribution in [0.1, 0.15) is 17.7 Å². The monoisotopic (exact) mass is 388 g/mol. The van der Waals surface area contributed by atoms with Gasteiger partial charge in [-0.05, 0) is 12.2 Å². The Labute approximate surface area is 148 Å². The summed E-state index contributed by atoms with van der Waals surface area (Å²) in [5.74, 6) is 0.988. The van der Waals surface area contributed by atoms with E-state index in [1.54, 1.807) is 20.8 Å². The van der Waals surface area contributed by atoms with Crippen molar-refractivity contribution < 1.29 is 46.0 Å². The summed E-state index contributed by atoms with van der Waals surface area (Å²) in [4.78, 5) is 10.3. The maximum Gasteiger partial charge on any atom is 0.434 e. The van der Waals surface area contributed by atoms with Gasteiger partial charge in [-0.15, -0.1) is 10.2 Å². The van der Waals surface area contributed by atoms with Gasteiger partial charge in [0.15, 0.2) is 0 Å². The van der Waals surface area contributed by atoms with Gasteiger partial charge in [0.2, 0.25) is 11.8 Å². The quantitative estimate of drug-likeness (QED) is 0.424. The van der Waals surface area contributed by atoms with Crippen molar-refractivity contribution in [2.45, 2.75) is 20.8 Å². The fraction of sp³-hybridized carbons (Fsp3) is 0.333. The topological polar surface area (TPSA) is 140 Å². The Hall–Kier alpha value is -1.46. The first kappa shape index (κ1) is 19.5. The van der Waals surface area contributed by atoms with Gasteiger partial charge in [0.1, 0.15) is 0 Å². The molecule has 3 heterocycles. The fourth-order valence-corrected chi connectivity index (χ4v) is 0.972. The summed E-state index contributed by atoms with van der Waals surface area (Å²) in [5.41, 5.74) is 0. The molecule has 12 heteroatoms. The van der Waals surface area contributed by atoms with Crippen LogP contribution >= 0.6 is 12.2 Å². The fourth-order valence-electron chi connectivity index (χ4n) is 0.806. The van der Waals surface area contributed by atoms with E-state index in [1.807, 2.05) is 0 Å². The molecule has 3 rings (SSSR count). The molecule has 0 bridgehead atoms. The van der Waals surface area contributed by atoms with Crippen LogP contribution in [0.2, 0.25) is 0 Å². The molecule has 0 aliphatic carbocycles. The molecule has 3 aromatic heterocycles. The van der Waals surface area contributed by atoms with E-state index in [0.29, 0.717) is 22.5 Å². The smallest absolute Gasteiger partial charge is 0.434 e. The van der Waals surface area contributed by atoms with Gasteiger partial charge in [-0.2, -0.15) is 0 Å². The second kappa shape index (κ2) is 10.3. The van der Waals surface area contributed by atoms with Crippen molar-refractivity contribution in [3.8, 4) is 0 Å². The van der Waals surface area contributed by atoms with Crippen molar-refractivity contribution in [3.63, 3.8) is 0 Å². The number of H-pyrrole nitrogens is 2. The molecule has 10 nitrogen and oxygen atoms in total. The Kier molecular flexibility index (Phi) is 9.58. The summed E-state index contributed by atoms with van der Waals surface area (Å²) in [6.45, 7) is 5.04. The number of aromatic amines is 2. The summed E-state index contributed by atoms with van der Waals surface area (Å²) in [5, 5.41) is 18.3. The predicted molar refractivity (Wildman–Crippen MR) is 66.2 cm³/mol. The minimum Gasteiger partial charge on any atom is -0.613 e. The first-order valence-corrected chi connectivity index (χ1v) is 5.58. The van der Waals surface area contributed by atoms with Gasteiger partial charge in [0.05, 0.1) is 12.3 Å². The number of nitrogens with one attached hydrogen (secondary N) is 2. The molecule has 0 aromatic carbocycles. The van der Waals surface area contributed by atoms with Crippen molar-refractivity contribution in [1.29, 1.82) is 0 Å². The van der Waals surface area contributed by atoms with Crippen molar-refractivity contribution in [2.24, 2.45) is 0 Å². The molecular weight excluding hydrogens is 377 g/mol. The summed E-state index contributed by atoms with van der Waals surface area (Å²) in [6, 6.07) is 0. The molecule has 1 radical (unpaired) electrons. The molecule has 0 saturated heterocycles. The Bertz CT molecular complexity index is 669. The van der Waals surface area contributed by atoms with Crippen LogP contribution in [0.5, 0.6) is 0 Å². The van der Waals surface area contributed by atoms with Crippen molar-refractivity contribution >= 4 is 12.2 Å². The standard InChI is InChI=1S/C3H4N2O2.C3H4N2OS.C3H3N2O.Y/c1-2-4-5-3(6)7-2;1-2-4-5-3(7)6-2;1-3-5-4-2-6-3;/h1H3,(H,5,6);1H3,(H,5,7);1H3;/q;;-1;. The molecule has 3 aromatic rings. The second-order valence-corrected chi connectivity index (χ2v) is 3.55. The summed E-state index contributed by atoms with van der Waals surface area (Å²) in [6.07, 6.45) is 2.19. The molecule has 111 valence electrons. The van der Waals surface area contributed by atoms with E-state index in [0.717, 1.165) is 0 Å². The van der Waals surface area contributed by atoms with E-state index < -0.39 is 5.76 Å². The van der Waals surface area contributed by atoms with E-state index in [-0.39, 0.29) is 32.7 Å². The van der Waals surface area contributed by atoms with Crippen LogP contribution in [0, 0.1) is 32.0 Å².